The van der Waals surface area contributed by atoms with Crippen molar-refractivity contribution in [3.8, 4) is 0 Å². The first-order chi connectivity index (χ1) is 4.45. The molecule has 2 rings (SSSR count). The molecule has 2 saturated carbocycles. The van der Waals surface area contributed by atoms with Crippen LogP contribution >= 0.6 is 8.58 Å². The molecule has 1 radical (unpaired) electrons. The molecule has 9 heavy (non-hydrogen) atoms. The average Bonchev–Trinajstić information content (AvgIpc) is 2.46. The summed E-state index contributed by atoms with van der Waals surface area (Å²) < 4.78 is 0. The van der Waals surface area contributed by atoms with Crippen molar-refractivity contribution < 1.29 is 0 Å². The van der Waals surface area contributed by atoms with Gasteiger partial charge in [-0.3, -0.25) is 0 Å². The first-order valence-electron chi connectivity index (χ1n) is 4.15. The van der Waals surface area contributed by atoms with Gasteiger partial charge in [-0.1, -0.05) is 21.4 Å². The van der Waals surface area contributed by atoms with Gasteiger partial charge in [-0.05, 0) is 37.0 Å². The van der Waals surface area contributed by atoms with Gasteiger partial charge in [0.1, 0.15) is 0 Å². The average molecular weight is 141 g/mol. The van der Waals surface area contributed by atoms with Crippen molar-refractivity contribution in [2.45, 2.75) is 49.8 Å². The Morgan fingerprint density at radius 2 is 1.33 bits per heavy atom. The first kappa shape index (κ1) is 6.16. The van der Waals surface area contributed by atoms with Crippen LogP contribution in [-0.4, -0.2) is 11.3 Å². The molecular formula is C8H14P. The third-order valence-corrected chi connectivity index (χ3v) is 4.17. The molecule has 0 aromatic carbocycles. The zero-order valence-electron chi connectivity index (χ0n) is 5.84. The van der Waals surface area contributed by atoms with Crippen molar-refractivity contribution in [1.29, 1.82) is 0 Å². The SMILES string of the molecule is C1CCC([P]C2CC2)C1. The molecule has 0 unspecified atom stereocenters. The predicted molar refractivity (Wildman–Crippen MR) is 42.2 cm³/mol. The molecule has 0 spiro atoms. The summed E-state index contributed by atoms with van der Waals surface area (Å²) in [6.45, 7) is 0. The number of rotatable bonds is 2. The van der Waals surface area contributed by atoms with Crippen LogP contribution in [0.5, 0.6) is 0 Å². The first-order valence-corrected chi connectivity index (χ1v) is 5.18. The van der Waals surface area contributed by atoms with Gasteiger partial charge < -0.3 is 0 Å². The summed E-state index contributed by atoms with van der Waals surface area (Å²) in [7, 11) is 1.81. The molecule has 2 aliphatic rings. The summed E-state index contributed by atoms with van der Waals surface area (Å²) in [5.41, 5.74) is 2.27. The van der Waals surface area contributed by atoms with Crippen LogP contribution in [0.2, 0.25) is 0 Å². The van der Waals surface area contributed by atoms with Gasteiger partial charge in [0.25, 0.3) is 0 Å². The molecule has 51 valence electrons. The van der Waals surface area contributed by atoms with Gasteiger partial charge in [0, 0.05) is 0 Å². The Balaban J connectivity index is 1.70. The van der Waals surface area contributed by atoms with Crippen LogP contribution in [0.4, 0.5) is 0 Å². The molecule has 2 fully saturated rings. The normalized spacial score (nSPS) is 30.7. The third kappa shape index (κ3) is 1.67. The molecule has 0 atom stereocenters. The van der Waals surface area contributed by atoms with E-state index in [2.05, 4.69) is 0 Å². The lowest BCUT2D eigenvalue weighted by Gasteiger charge is -2.04. The highest BCUT2D eigenvalue weighted by molar-refractivity contribution is 7.40. The Labute approximate surface area is 59.2 Å². The van der Waals surface area contributed by atoms with Gasteiger partial charge in [-0.2, -0.15) is 0 Å². The minimum atomic E-state index is 1.12. The lowest BCUT2D eigenvalue weighted by molar-refractivity contribution is 0.886. The van der Waals surface area contributed by atoms with Crippen LogP contribution in [0.1, 0.15) is 38.5 Å². The summed E-state index contributed by atoms with van der Waals surface area (Å²) in [5.74, 6) is 0. The largest absolute Gasteiger partial charge is 0.0741 e. The maximum Gasteiger partial charge on any atom is -0.0167 e. The fourth-order valence-electron chi connectivity index (χ4n) is 1.58. The van der Waals surface area contributed by atoms with Crippen molar-refractivity contribution in [2.24, 2.45) is 0 Å². The van der Waals surface area contributed by atoms with E-state index in [1.54, 1.807) is 0 Å². The fourth-order valence-corrected chi connectivity index (χ4v) is 3.28. The molecule has 0 aliphatic heterocycles. The van der Waals surface area contributed by atoms with E-state index in [-0.39, 0.29) is 0 Å². The smallest absolute Gasteiger partial charge is 0.0167 e. The highest BCUT2D eigenvalue weighted by atomic mass is 31.1. The topological polar surface area (TPSA) is 0 Å². The number of hydrogen-bond acceptors (Lipinski definition) is 0. The molecule has 0 heterocycles. The molecule has 2 aliphatic carbocycles. The van der Waals surface area contributed by atoms with E-state index in [1.807, 2.05) is 8.58 Å². The van der Waals surface area contributed by atoms with Crippen LogP contribution in [0.3, 0.4) is 0 Å². The van der Waals surface area contributed by atoms with Crippen LogP contribution in [-0.2, 0) is 0 Å². The van der Waals surface area contributed by atoms with Crippen molar-refractivity contribution in [1.82, 2.24) is 0 Å². The minimum Gasteiger partial charge on any atom is -0.0741 e. The molecule has 0 bridgehead atoms. The van der Waals surface area contributed by atoms with Crippen molar-refractivity contribution in [2.75, 3.05) is 0 Å². The van der Waals surface area contributed by atoms with E-state index < -0.39 is 0 Å². The number of hydrogen-bond donors (Lipinski definition) is 0. The van der Waals surface area contributed by atoms with Crippen LogP contribution in [0, 0.1) is 0 Å². The fraction of sp³-hybridized carbons (Fsp3) is 1.00. The highest BCUT2D eigenvalue weighted by Crippen LogP contribution is 2.46. The maximum atomic E-state index is 1.81. The van der Waals surface area contributed by atoms with Crippen LogP contribution < -0.4 is 0 Å². The van der Waals surface area contributed by atoms with Gasteiger partial charge >= 0.3 is 0 Å². The van der Waals surface area contributed by atoms with Crippen LogP contribution in [0.15, 0.2) is 0 Å². The van der Waals surface area contributed by atoms with E-state index in [1.165, 1.54) is 38.5 Å². The van der Waals surface area contributed by atoms with Gasteiger partial charge in [0.2, 0.25) is 0 Å². The summed E-state index contributed by atoms with van der Waals surface area (Å²) >= 11 is 0. The minimum absolute atomic E-state index is 1.12. The lowest BCUT2D eigenvalue weighted by atomic mass is 10.4. The van der Waals surface area contributed by atoms with Gasteiger partial charge in [-0.25, -0.2) is 0 Å². The predicted octanol–water partition coefficient (Wildman–Crippen LogP) is 3.04. The highest BCUT2D eigenvalue weighted by Gasteiger charge is 2.27. The van der Waals surface area contributed by atoms with E-state index in [9.17, 15) is 0 Å². The van der Waals surface area contributed by atoms with Crippen molar-refractivity contribution in [3.05, 3.63) is 0 Å². The quantitative estimate of drug-likeness (QED) is 0.518. The summed E-state index contributed by atoms with van der Waals surface area (Å²) in [5, 5.41) is 0. The second-order valence-corrected chi connectivity index (χ2v) is 5.08. The van der Waals surface area contributed by atoms with E-state index in [4.69, 9.17) is 0 Å². The molecule has 0 aromatic heterocycles. The van der Waals surface area contributed by atoms with E-state index in [0.717, 1.165) is 11.3 Å². The van der Waals surface area contributed by atoms with Crippen molar-refractivity contribution in [3.63, 3.8) is 0 Å². The van der Waals surface area contributed by atoms with Gasteiger partial charge in [0.05, 0.1) is 0 Å². The van der Waals surface area contributed by atoms with Crippen molar-refractivity contribution >= 4 is 8.58 Å². The molecule has 0 aromatic rings. The Morgan fingerprint density at radius 3 is 1.89 bits per heavy atom. The van der Waals surface area contributed by atoms with E-state index in [0.29, 0.717) is 0 Å². The molecule has 0 amide bonds. The summed E-state index contributed by atoms with van der Waals surface area (Å²) in [6.07, 6.45) is 9.20. The monoisotopic (exact) mass is 141 g/mol. The summed E-state index contributed by atoms with van der Waals surface area (Å²) in [4.78, 5) is 0. The Morgan fingerprint density at radius 1 is 0.778 bits per heavy atom. The Kier molecular flexibility index (Phi) is 1.77. The zero-order valence-corrected chi connectivity index (χ0v) is 6.74. The molecular weight excluding hydrogens is 127 g/mol. The molecule has 0 nitrogen and oxygen atoms in total. The standard InChI is InChI=1S/C8H14P/c1-2-4-7(3-1)9-8-5-6-8/h7-8H,1-6H2. The lowest BCUT2D eigenvalue weighted by Crippen LogP contribution is -1.91. The second kappa shape index (κ2) is 2.58. The maximum absolute atomic E-state index is 1.81. The summed E-state index contributed by atoms with van der Waals surface area (Å²) in [6, 6.07) is 0. The second-order valence-electron chi connectivity index (χ2n) is 3.32. The van der Waals surface area contributed by atoms with Gasteiger partial charge in [-0.15, -0.1) is 0 Å². The van der Waals surface area contributed by atoms with Gasteiger partial charge in [0.15, 0.2) is 0 Å². The molecule has 0 saturated heterocycles. The molecule has 0 N–H and O–H groups in total. The van der Waals surface area contributed by atoms with E-state index >= 15 is 0 Å². The molecule has 1 heteroatoms. The Hall–Kier alpha value is 0.430. The third-order valence-electron chi connectivity index (χ3n) is 2.29. The zero-order chi connectivity index (χ0) is 6.10. The van der Waals surface area contributed by atoms with Crippen LogP contribution in [0.25, 0.3) is 0 Å². The Bertz CT molecular complexity index is 90.7.